The zero-order valence-corrected chi connectivity index (χ0v) is 8.42. The average Bonchev–Trinajstić information content (AvgIpc) is 2.21. The van der Waals surface area contributed by atoms with Crippen LogP contribution in [0.3, 0.4) is 0 Å². The molecule has 0 spiro atoms. The molecule has 0 aromatic heterocycles. The van der Waals surface area contributed by atoms with Crippen molar-refractivity contribution < 1.29 is 29.7 Å². The minimum absolute atomic E-state index is 0.0983. The Kier molecular flexibility index (Phi) is 6.04. The lowest BCUT2D eigenvalue weighted by molar-refractivity contribution is -0.143. The first kappa shape index (κ1) is 14.3. The van der Waals surface area contributed by atoms with Gasteiger partial charge in [0.2, 0.25) is 5.91 Å². The number of aliphatic hydroxyl groups excluding tert-OH is 1. The molecule has 0 rings (SSSR count). The number of rotatable bonds is 7. The number of hydrogen-bond donors (Lipinski definition) is 5. The van der Waals surface area contributed by atoms with E-state index in [1.807, 2.05) is 5.32 Å². The van der Waals surface area contributed by atoms with Gasteiger partial charge in [-0.2, -0.15) is 0 Å². The smallest absolute Gasteiger partial charge is 0.328 e. The molecule has 0 saturated heterocycles. The van der Waals surface area contributed by atoms with Gasteiger partial charge >= 0.3 is 11.9 Å². The molecule has 0 heterocycles. The summed E-state index contributed by atoms with van der Waals surface area (Å²) in [5, 5.41) is 27.4. The summed E-state index contributed by atoms with van der Waals surface area (Å²) in [6.45, 7) is -0.757. The number of nitrogens with two attached hydrogens (primary N) is 1. The standard InChI is InChI=1S/C8H14N2O6/c9-4(1-2-6(12)13)7(14)10-5(3-11)8(15)16/h4-5,11H,1-3,9H2,(H,10,14)(H,12,13)(H,15,16)/t4?,5-/m0/s1. The van der Waals surface area contributed by atoms with Crippen LogP contribution in [-0.4, -0.2) is 51.9 Å². The highest BCUT2D eigenvalue weighted by Crippen LogP contribution is 1.95. The zero-order valence-electron chi connectivity index (χ0n) is 8.42. The number of hydrogen-bond acceptors (Lipinski definition) is 5. The Morgan fingerprint density at radius 2 is 1.81 bits per heavy atom. The van der Waals surface area contributed by atoms with E-state index in [1.54, 1.807) is 0 Å². The van der Waals surface area contributed by atoms with Crippen LogP contribution in [0.5, 0.6) is 0 Å². The second-order valence-corrected chi connectivity index (χ2v) is 3.12. The van der Waals surface area contributed by atoms with Crippen LogP contribution >= 0.6 is 0 Å². The molecular formula is C8H14N2O6. The van der Waals surface area contributed by atoms with Gasteiger partial charge in [0.1, 0.15) is 6.04 Å². The van der Waals surface area contributed by atoms with E-state index in [4.69, 9.17) is 21.1 Å². The van der Waals surface area contributed by atoms with Crippen molar-refractivity contribution in [1.82, 2.24) is 5.32 Å². The molecule has 0 radical (unpaired) electrons. The largest absolute Gasteiger partial charge is 0.481 e. The summed E-state index contributed by atoms with van der Waals surface area (Å²) in [6, 6.07) is -2.53. The SMILES string of the molecule is NC(CCC(=O)O)C(=O)N[C@@H](CO)C(=O)O. The highest BCUT2D eigenvalue weighted by atomic mass is 16.4. The molecule has 0 aliphatic heterocycles. The molecule has 2 atom stereocenters. The Hall–Kier alpha value is -1.67. The molecule has 0 aromatic rings. The van der Waals surface area contributed by atoms with Gasteiger partial charge in [0.05, 0.1) is 12.6 Å². The molecule has 0 bridgehead atoms. The molecule has 8 heteroatoms. The average molecular weight is 234 g/mol. The molecule has 92 valence electrons. The maximum absolute atomic E-state index is 11.2. The molecule has 16 heavy (non-hydrogen) atoms. The van der Waals surface area contributed by atoms with Crippen molar-refractivity contribution in [2.75, 3.05) is 6.61 Å². The van der Waals surface area contributed by atoms with Gasteiger partial charge in [-0.15, -0.1) is 0 Å². The summed E-state index contributed by atoms with van der Waals surface area (Å²) in [5.41, 5.74) is 5.32. The van der Waals surface area contributed by atoms with Gasteiger partial charge in [0.25, 0.3) is 0 Å². The third-order valence-corrected chi connectivity index (χ3v) is 1.80. The normalized spacial score (nSPS) is 13.9. The Bertz CT molecular complexity index is 280. The van der Waals surface area contributed by atoms with Crippen LogP contribution in [0.4, 0.5) is 0 Å². The third kappa shape index (κ3) is 5.27. The maximum atomic E-state index is 11.2. The number of nitrogens with one attached hydrogen (secondary N) is 1. The number of carboxylic acids is 2. The molecule has 0 aliphatic rings. The topological polar surface area (TPSA) is 150 Å². The first-order valence-electron chi connectivity index (χ1n) is 4.50. The predicted octanol–water partition coefficient (Wildman–Crippen LogP) is -2.26. The second-order valence-electron chi connectivity index (χ2n) is 3.12. The van der Waals surface area contributed by atoms with Gasteiger partial charge in [-0.25, -0.2) is 4.79 Å². The van der Waals surface area contributed by atoms with Gasteiger partial charge in [-0.05, 0) is 6.42 Å². The van der Waals surface area contributed by atoms with Crippen molar-refractivity contribution in [1.29, 1.82) is 0 Å². The molecule has 0 fully saturated rings. The van der Waals surface area contributed by atoms with E-state index in [9.17, 15) is 14.4 Å². The van der Waals surface area contributed by atoms with Crippen molar-refractivity contribution in [2.24, 2.45) is 5.73 Å². The van der Waals surface area contributed by atoms with Crippen molar-refractivity contribution in [3.63, 3.8) is 0 Å². The van der Waals surface area contributed by atoms with E-state index in [2.05, 4.69) is 0 Å². The summed E-state index contributed by atoms with van der Waals surface area (Å²) in [6.07, 6.45) is -0.385. The fourth-order valence-corrected chi connectivity index (χ4v) is 0.874. The molecule has 1 amide bonds. The Balaban J connectivity index is 4.13. The summed E-state index contributed by atoms with van der Waals surface area (Å²) in [4.78, 5) is 31.9. The van der Waals surface area contributed by atoms with Crippen LogP contribution in [0.2, 0.25) is 0 Å². The fourth-order valence-electron chi connectivity index (χ4n) is 0.874. The first-order valence-corrected chi connectivity index (χ1v) is 4.50. The Morgan fingerprint density at radius 1 is 1.25 bits per heavy atom. The lowest BCUT2D eigenvalue weighted by atomic mass is 10.1. The number of amides is 1. The lowest BCUT2D eigenvalue weighted by Crippen LogP contribution is -2.50. The third-order valence-electron chi connectivity index (χ3n) is 1.80. The van der Waals surface area contributed by atoms with E-state index < -0.39 is 36.5 Å². The van der Waals surface area contributed by atoms with Crippen LogP contribution in [0.25, 0.3) is 0 Å². The summed E-state index contributed by atoms with van der Waals surface area (Å²) < 4.78 is 0. The van der Waals surface area contributed by atoms with Crippen LogP contribution in [0, 0.1) is 0 Å². The summed E-state index contributed by atoms with van der Waals surface area (Å²) in [5.74, 6) is -3.29. The van der Waals surface area contributed by atoms with E-state index in [0.717, 1.165) is 0 Å². The molecule has 0 saturated carbocycles. The monoisotopic (exact) mass is 234 g/mol. The molecular weight excluding hydrogens is 220 g/mol. The van der Waals surface area contributed by atoms with E-state index in [1.165, 1.54) is 0 Å². The maximum Gasteiger partial charge on any atom is 0.328 e. The van der Waals surface area contributed by atoms with Crippen molar-refractivity contribution in [3.8, 4) is 0 Å². The van der Waals surface area contributed by atoms with Crippen LogP contribution < -0.4 is 11.1 Å². The quantitative estimate of drug-likeness (QED) is 0.333. The predicted molar refractivity (Wildman–Crippen MR) is 51.5 cm³/mol. The number of aliphatic hydroxyl groups is 1. The van der Waals surface area contributed by atoms with Crippen LogP contribution in [-0.2, 0) is 14.4 Å². The van der Waals surface area contributed by atoms with Crippen molar-refractivity contribution in [3.05, 3.63) is 0 Å². The van der Waals surface area contributed by atoms with Gasteiger partial charge in [-0.1, -0.05) is 0 Å². The minimum Gasteiger partial charge on any atom is -0.481 e. The van der Waals surface area contributed by atoms with E-state index in [0.29, 0.717) is 0 Å². The number of carboxylic acid groups (broad SMARTS) is 2. The zero-order chi connectivity index (χ0) is 12.7. The van der Waals surface area contributed by atoms with Gasteiger partial charge in [-0.3, -0.25) is 9.59 Å². The highest BCUT2D eigenvalue weighted by Gasteiger charge is 2.22. The molecule has 0 aromatic carbocycles. The van der Waals surface area contributed by atoms with Crippen molar-refractivity contribution >= 4 is 17.8 Å². The van der Waals surface area contributed by atoms with E-state index in [-0.39, 0.29) is 12.8 Å². The fraction of sp³-hybridized carbons (Fsp3) is 0.625. The number of aliphatic carboxylic acids is 2. The first-order chi connectivity index (χ1) is 7.38. The number of carbonyl (C=O) groups excluding carboxylic acids is 1. The molecule has 6 N–H and O–H groups in total. The van der Waals surface area contributed by atoms with Crippen molar-refractivity contribution in [2.45, 2.75) is 24.9 Å². The summed E-state index contributed by atoms with van der Waals surface area (Å²) in [7, 11) is 0. The Morgan fingerprint density at radius 3 is 2.19 bits per heavy atom. The molecule has 8 nitrogen and oxygen atoms in total. The van der Waals surface area contributed by atoms with Crippen LogP contribution in [0.15, 0.2) is 0 Å². The number of carbonyl (C=O) groups is 3. The van der Waals surface area contributed by atoms with Gasteiger partial charge in [0.15, 0.2) is 0 Å². The van der Waals surface area contributed by atoms with Gasteiger partial charge in [0, 0.05) is 6.42 Å². The van der Waals surface area contributed by atoms with Crippen LogP contribution in [0.1, 0.15) is 12.8 Å². The molecule has 1 unspecified atom stereocenters. The summed E-state index contributed by atoms with van der Waals surface area (Å²) >= 11 is 0. The Labute approximate surface area is 91.1 Å². The molecule has 0 aliphatic carbocycles. The van der Waals surface area contributed by atoms with Gasteiger partial charge < -0.3 is 26.4 Å². The van der Waals surface area contributed by atoms with E-state index >= 15 is 0 Å². The lowest BCUT2D eigenvalue weighted by Gasteiger charge is -2.15. The highest BCUT2D eigenvalue weighted by molar-refractivity contribution is 5.87. The minimum atomic E-state index is -1.43. The second kappa shape index (κ2) is 6.75.